The van der Waals surface area contributed by atoms with E-state index in [4.69, 9.17) is 20.9 Å². The van der Waals surface area contributed by atoms with Crippen molar-refractivity contribution in [2.24, 2.45) is 11.5 Å². The van der Waals surface area contributed by atoms with Crippen LogP contribution in [0.2, 0.25) is 0 Å². The average molecular weight is 402 g/mol. The van der Waals surface area contributed by atoms with Crippen molar-refractivity contribution >= 4 is 5.97 Å². The minimum atomic E-state index is -2.09. The van der Waals surface area contributed by atoms with E-state index >= 15 is 0 Å². The summed E-state index contributed by atoms with van der Waals surface area (Å²) in [5.41, 5.74) is 10.1. The van der Waals surface area contributed by atoms with Crippen molar-refractivity contribution in [2.75, 3.05) is 13.1 Å². The maximum Gasteiger partial charge on any atom is 1.00 e. The number of benzene rings is 3. The molecule has 0 radical (unpaired) electrons. The standard InChI is InChI=1S/C20H16O4.C2H8N2.Na/c21-19(22)20(16-10-4-1-5-11-16,23-17-12-6-2-7-13-17)24-18-14-8-3-9-15-18;3-1-2-4;/h1-15H,(H,21,22);1-4H2;/q;;+1/p-1. The summed E-state index contributed by atoms with van der Waals surface area (Å²) in [6.07, 6.45) is 0. The van der Waals surface area contributed by atoms with Gasteiger partial charge in [-0.05, 0) is 24.3 Å². The summed E-state index contributed by atoms with van der Waals surface area (Å²) in [6, 6.07) is 25.8. The van der Waals surface area contributed by atoms with Crippen LogP contribution in [-0.2, 0) is 10.6 Å². The first-order valence-electron chi connectivity index (χ1n) is 8.77. The van der Waals surface area contributed by atoms with Gasteiger partial charge in [-0.1, -0.05) is 66.7 Å². The van der Waals surface area contributed by atoms with Crippen molar-refractivity contribution in [2.45, 2.75) is 5.79 Å². The summed E-state index contributed by atoms with van der Waals surface area (Å²) in [6.45, 7) is 1.19. The summed E-state index contributed by atoms with van der Waals surface area (Å²) in [7, 11) is 0. The molecular formula is C22H23N2NaO4. The molecule has 0 saturated heterocycles. The fraction of sp³-hybridized carbons (Fsp3) is 0.136. The number of carboxylic acid groups (broad SMARTS) is 1. The van der Waals surface area contributed by atoms with E-state index in [0.29, 0.717) is 30.2 Å². The van der Waals surface area contributed by atoms with Crippen molar-refractivity contribution in [3.05, 3.63) is 96.6 Å². The number of para-hydroxylation sites is 2. The van der Waals surface area contributed by atoms with Crippen LogP contribution in [0.3, 0.4) is 0 Å². The largest absolute Gasteiger partial charge is 1.00 e. The number of aliphatic carboxylic acids is 1. The molecule has 0 heterocycles. The number of hydrogen-bond acceptors (Lipinski definition) is 6. The first-order chi connectivity index (χ1) is 13.6. The Morgan fingerprint density at radius 2 is 1.07 bits per heavy atom. The topological polar surface area (TPSA) is 111 Å². The van der Waals surface area contributed by atoms with Crippen LogP contribution < -0.4 is 55.6 Å². The quantitative estimate of drug-likeness (QED) is 0.374. The third kappa shape index (κ3) is 7.20. The molecule has 7 heteroatoms. The molecule has 3 aromatic rings. The number of carbonyl (C=O) groups is 1. The second-order valence-corrected chi connectivity index (χ2v) is 5.68. The Morgan fingerprint density at radius 1 is 0.724 bits per heavy atom. The number of nitrogens with two attached hydrogens (primary N) is 2. The van der Waals surface area contributed by atoms with E-state index in [1.54, 1.807) is 78.9 Å². The van der Waals surface area contributed by atoms with Gasteiger partial charge in [0, 0.05) is 18.7 Å². The molecule has 0 atom stereocenters. The summed E-state index contributed by atoms with van der Waals surface area (Å²) in [5, 5.41) is 12.1. The average Bonchev–Trinajstić information content (AvgIpc) is 2.75. The van der Waals surface area contributed by atoms with E-state index in [-0.39, 0.29) is 29.6 Å². The van der Waals surface area contributed by atoms with Gasteiger partial charge in [0.2, 0.25) is 0 Å². The molecule has 29 heavy (non-hydrogen) atoms. The minimum absolute atomic E-state index is 0. The zero-order valence-electron chi connectivity index (χ0n) is 16.4. The zero-order chi connectivity index (χ0) is 20.2. The molecule has 6 nitrogen and oxygen atoms in total. The number of carbonyl (C=O) groups excluding carboxylic acids is 1. The molecule has 0 aliphatic heterocycles. The molecule has 3 aromatic carbocycles. The number of carboxylic acids is 1. The predicted molar refractivity (Wildman–Crippen MR) is 105 cm³/mol. The maximum atomic E-state index is 12.1. The van der Waals surface area contributed by atoms with E-state index in [9.17, 15) is 9.90 Å². The second-order valence-electron chi connectivity index (χ2n) is 5.68. The van der Waals surface area contributed by atoms with Crippen molar-refractivity contribution in [1.82, 2.24) is 0 Å². The molecule has 146 valence electrons. The Hall–Kier alpha value is -2.35. The molecule has 0 aromatic heterocycles. The molecule has 4 N–H and O–H groups in total. The molecule has 0 aliphatic carbocycles. The normalized spacial score (nSPS) is 10.0. The van der Waals surface area contributed by atoms with E-state index in [0.717, 1.165) is 0 Å². The van der Waals surface area contributed by atoms with Gasteiger partial charge in [0.15, 0.2) is 0 Å². The van der Waals surface area contributed by atoms with Gasteiger partial charge in [-0.15, -0.1) is 0 Å². The molecule has 3 rings (SSSR count). The Morgan fingerprint density at radius 3 is 1.38 bits per heavy atom. The van der Waals surface area contributed by atoms with E-state index < -0.39 is 11.8 Å². The molecule has 0 saturated carbocycles. The van der Waals surface area contributed by atoms with Crippen LogP contribution in [-0.4, -0.2) is 19.1 Å². The Labute approximate surface area is 192 Å². The van der Waals surface area contributed by atoms with Gasteiger partial charge in [0.25, 0.3) is 0 Å². The Bertz CT molecular complexity index is 790. The second kappa shape index (κ2) is 13.0. The molecule has 0 amide bonds. The number of hydrogen-bond donors (Lipinski definition) is 2. The van der Waals surface area contributed by atoms with Gasteiger partial charge in [-0.3, -0.25) is 0 Å². The minimum Gasteiger partial charge on any atom is -0.542 e. The first kappa shape index (κ1) is 24.7. The molecule has 0 fully saturated rings. The van der Waals surface area contributed by atoms with Crippen LogP contribution in [0.25, 0.3) is 0 Å². The van der Waals surface area contributed by atoms with Gasteiger partial charge in [-0.25, -0.2) is 0 Å². The third-order valence-corrected chi connectivity index (χ3v) is 3.60. The SMILES string of the molecule is NCCN.O=C([O-])C(Oc1ccccc1)(Oc1ccccc1)c1ccccc1.[Na+]. The molecule has 0 bridgehead atoms. The zero-order valence-corrected chi connectivity index (χ0v) is 18.4. The smallest absolute Gasteiger partial charge is 0.542 e. The summed E-state index contributed by atoms with van der Waals surface area (Å²) >= 11 is 0. The van der Waals surface area contributed by atoms with E-state index in [2.05, 4.69) is 0 Å². The van der Waals surface area contributed by atoms with Gasteiger partial charge in [0.1, 0.15) is 17.5 Å². The van der Waals surface area contributed by atoms with Crippen molar-refractivity contribution in [1.29, 1.82) is 0 Å². The van der Waals surface area contributed by atoms with Crippen LogP contribution in [0.15, 0.2) is 91.0 Å². The maximum absolute atomic E-state index is 12.1. The first-order valence-corrected chi connectivity index (χ1v) is 8.77. The molecule has 0 unspecified atom stereocenters. The van der Waals surface area contributed by atoms with Gasteiger partial charge in [0.05, 0.1) is 0 Å². The van der Waals surface area contributed by atoms with Crippen LogP contribution in [0, 0.1) is 0 Å². The van der Waals surface area contributed by atoms with Crippen LogP contribution >= 0.6 is 0 Å². The molecule has 0 aliphatic rings. The van der Waals surface area contributed by atoms with Crippen LogP contribution in [0.4, 0.5) is 0 Å². The third-order valence-electron chi connectivity index (χ3n) is 3.60. The molecular weight excluding hydrogens is 379 g/mol. The monoisotopic (exact) mass is 402 g/mol. The molecule has 0 spiro atoms. The summed E-state index contributed by atoms with van der Waals surface area (Å²) < 4.78 is 11.5. The fourth-order valence-corrected chi connectivity index (χ4v) is 2.31. The van der Waals surface area contributed by atoms with Crippen molar-refractivity contribution < 1.29 is 48.9 Å². The predicted octanol–water partition coefficient (Wildman–Crippen LogP) is -1.34. The Kier molecular flexibility index (Phi) is 11.1. The van der Waals surface area contributed by atoms with Crippen LogP contribution in [0.5, 0.6) is 11.5 Å². The van der Waals surface area contributed by atoms with E-state index in [1.165, 1.54) is 0 Å². The Balaban J connectivity index is 0.000000771. The summed E-state index contributed by atoms with van der Waals surface area (Å²) in [4.78, 5) is 12.1. The number of rotatable bonds is 7. The van der Waals surface area contributed by atoms with Gasteiger partial charge >= 0.3 is 35.3 Å². The van der Waals surface area contributed by atoms with Crippen LogP contribution in [0.1, 0.15) is 5.56 Å². The van der Waals surface area contributed by atoms with Crippen molar-refractivity contribution in [3.63, 3.8) is 0 Å². The van der Waals surface area contributed by atoms with Crippen molar-refractivity contribution in [3.8, 4) is 11.5 Å². The fourth-order valence-electron chi connectivity index (χ4n) is 2.31. The number of ether oxygens (including phenoxy) is 2. The summed E-state index contributed by atoms with van der Waals surface area (Å²) in [5.74, 6) is -2.85. The van der Waals surface area contributed by atoms with Gasteiger partial charge < -0.3 is 30.8 Å². The van der Waals surface area contributed by atoms with Gasteiger partial charge in [-0.2, -0.15) is 0 Å². The van der Waals surface area contributed by atoms with E-state index in [1.807, 2.05) is 12.1 Å².